The van der Waals surface area contributed by atoms with Crippen molar-refractivity contribution in [3.63, 3.8) is 0 Å². The molecule has 5 nitrogen and oxygen atoms in total. The molecule has 2 N–H and O–H groups in total. The van der Waals surface area contributed by atoms with Crippen LogP contribution in [-0.4, -0.2) is 48.6 Å². The van der Waals surface area contributed by atoms with Crippen LogP contribution in [0.4, 0.5) is 0 Å². The van der Waals surface area contributed by atoms with Crippen molar-refractivity contribution >= 4 is 5.91 Å². The van der Waals surface area contributed by atoms with Crippen LogP contribution in [0.25, 0.3) is 0 Å². The smallest absolute Gasteiger partial charge is 0.237 e. The predicted octanol–water partition coefficient (Wildman–Crippen LogP) is 2.81. The van der Waals surface area contributed by atoms with Gasteiger partial charge in [0.25, 0.3) is 0 Å². The Morgan fingerprint density at radius 1 is 0.966 bits per heavy atom. The normalized spacial score (nSPS) is 32.1. The number of morpholine rings is 1. The number of ether oxygens (including phenoxy) is 1. The predicted molar refractivity (Wildman–Crippen MR) is 112 cm³/mol. The zero-order chi connectivity index (χ0) is 19.6. The fourth-order valence-electron chi connectivity index (χ4n) is 5.05. The summed E-state index contributed by atoms with van der Waals surface area (Å²) in [6.45, 7) is 2.56. The van der Waals surface area contributed by atoms with Crippen LogP contribution in [0, 0.1) is 0 Å². The first kappa shape index (κ1) is 18.8. The van der Waals surface area contributed by atoms with Crippen molar-refractivity contribution in [3.05, 3.63) is 71.8 Å². The zero-order valence-electron chi connectivity index (χ0n) is 16.7. The van der Waals surface area contributed by atoms with E-state index in [4.69, 9.17) is 4.74 Å². The standard InChI is InChI=1S/C24H29N3O2/c28-24(22-12-11-21(26-22)17-7-3-1-4-8-17)25-19-13-20-16-29-23(15-27(20)14-19)18-9-5-2-6-10-18/h1-10,19-23,26H,11-16H2,(H,25,28)/t19-,20-,21+,22+,23+/m0/s1. The van der Waals surface area contributed by atoms with Gasteiger partial charge in [-0.3, -0.25) is 15.0 Å². The van der Waals surface area contributed by atoms with Crippen LogP contribution in [-0.2, 0) is 9.53 Å². The molecule has 5 heteroatoms. The third-order valence-corrected chi connectivity index (χ3v) is 6.60. The molecule has 29 heavy (non-hydrogen) atoms. The Morgan fingerprint density at radius 2 is 1.69 bits per heavy atom. The first-order valence-electron chi connectivity index (χ1n) is 10.8. The van der Waals surface area contributed by atoms with Gasteiger partial charge in [0, 0.05) is 31.2 Å². The minimum absolute atomic E-state index is 0.0915. The molecular weight excluding hydrogens is 362 g/mol. The van der Waals surface area contributed by atoms with Gasteiger partial charge in [-0.1, -0.05) is 60.7 Å². The number of hydrogen-bond donors (Lipinski definition) is 2. The van der Waals surface area contributed by atoms with E-state index in [2.05, 4.69) is 64.1 Å². The van der Waals surface area contributed by atoms with Crippen molar-refractivity contribution in [3.8, 4) is 0 Å². The molecule has 3 fully saturated rings. The Morgan fingerprint density at radius 3 is 2.45 bits per heavy atom. The first-order valence-corrected chi connectivity index (χ1v) is 10.8. The van der Waals surface area contributed by atoms with Gasteiger partial charge in [0.15, 0.2) is 0 Å². The molecule has 0 spiro atoms. The van der Waals surface area contributed by atoms with Crippen molar-refractivity contribution in [2.24, 2.45) is 0 Å². The van der Waals surface area contributed by atoms with Gasteiger partial charge in [0.2, 0.25) is 5.91 Å². The molecule has 0 aliphatic carbocycles. The SMILES string of the molecule is O=C(N[C@H]1C[C@H]2CO[C@@H](c3ccccc3)CN2C1)[C@H]1CC[C@H](c2ccccc2)N1. The summed E-state index contributed by atoms with van der Waals surface area (Å²) < 4.78 is 6.13. The summed E-state index contributed by atoms with van der Waals surface area (Å²) in [6, 6.07) is 21.7. The van der Waals surface area contributed by atoms with E-state index in [-0.39, 0.29) is 30.1 Å². The highest BCUT2D eigenvalue weighted by atomic mass is 16.5. The lowest BCUT2D eigenvalue weighted by Crippen LogP contribution is -2.46. The van der Waals surface area contributed by atoms with Gasteiger partial charge < -0.3 is 10.1 Å². The summed E-state index contributed by atoms with van der Waals surface area (Å²) in [7, 11) is 0. The highest BCUT2D eigenvalue weighted by Gasteiger charge is 2.39. The number of carbonyl (C=O) groups excluding carboxylic acids is 1. The number of rotatable bonds is 4. The second-order valence-electron chi connectivity index (χ2n) is 8.54. The minimum atomic E-state index is -0.0915. The second-order valence-corrected chi connectivity index (χ2v) is 8.54. The third kappa shape index (κ3) is 4.08. The number of amides is 1. The number of hydrogen-bond acceptors (Lipinski definition) is 4. The van der Waals surface area contributed by atoms with E-state index in [0.717, 1.165) is 39.0 Å². The Balaban J connectivity index is 1.14. The molecule has 0 radical (unpaired) electrons. The molecule has 5 rings (SSSR count). The summed E-state index contributed by atoms with van der Waals surface area (Å²) in [5, 5.41) is 6.83. The van der Waals surface area contributed by atoms with Gasteiger partial charge in [0.1, 0.15) is 0 Å². The zero-order valence-corrected chi connectivity index (χ0v) is 16.7. The van der Waals surface area contributed by atoms with Crippen molar-refractivity contribution in [1.82, 2.24) is 15.5 Å². The minimum Gasteiger partial charge on any atom is -0.371 e. The lowest BCUT2D eigenvalue weighted by molar-refractivity contribution is -0.123. The summed E-state index contributed by atoms with van der Waals surface area (Å²) in [5.41, 5.74) is 2.51. The van der Waals surface area contributed by atoms with Crippen LogP contribution in [0.2, 0.25) is 0 Å². The first-order chi connectivity index (χ1) is 14.3. The Hall–Kier alpha value is -2.21. The average Bonchev–Trinajstić information content (AvgIpc) is 3.41. The number of benzene rings is 2. The highest BCUT2D eigenvalue weighted by molar-refractivity contribution is 5.82. The van der Waals surface area contributed by atoms with Crippen molar-refractivity contribution in [2.75, 3.05) is 19.7 Å². The maximum atomic E-state index is 12.8. The lowest BCUT2D eigenvalue weighted by atomic mass is 10.1. The van der Waals surface area contributed by atoms with E-state index in [9.17, 15) is 4.79 Å². The molecule has 0 unspecified atom stereocenters. The lowest BCUT2D eigenvalue weighted by Gasteiger charge is -2.35. The van der Waals surface area contributed by atoms with Crippen molar-refractivity contribution in [2.45, 2.75) is 49.5 Å². The molecule has 2 aromatic rings. The average molecular weight is 392 g/mol. The Bertz CT molecular complexity index is 829. The molecule has 3 aliphatic heterocycles. The largest absolute Gasteiger partial charge is 0.371 e. The molecule has 0 bridgehead atoms. The monoisotopic (exact) mass is 391 g/mol. The number of carbonyl (C=O) groups is 1. The fourth-order valence-corrected chi connectivity index (χ4v) is 5.05. The summed E-state index contributed by atoms with van der Waals surface area (Å²) >= 11 is 0. The van der Waals surface area contributed by atoms with E-state index < -0.39 is 0 Å². The van der Waals surface area contributed by atoms with E-state index in [0.29, 0.717) is 6.04 Å². The van der Waals surface area contributed by atoms with Crippen LogP contribution >= 0.6 is 0 Å². The van der Waals surface area contributed by atoms with Crippen LogP contribution in [0.15, 0.2) is 60.7 Å². The van der Waals surface area contributed by atoms with Gasteiger partial charge in [0.05, 0.1) is 18.8 Å². The quantitative estimate of drug-likeness (QED) is 0.842. The summed E-state index contributed by atoms with van der Waals surface area (Å²) in [4.78, 5) is 15.3. The van der Waals surface area contributed by atoms with Gasteiger partial charge in [-0.15, -0.1) is 0 Å². The molecule has 3 heterocycles. The van der Waals surface area contributed by atoms with Crippen molar-refractivity contribution < 1.29 is 9.53 Å². The molecule has 2 aromatic carbocycles. The molecule has 152 valence electrons. The van der Waals surface area contributed by atoms with E-state index in [1.807, 2.05) is 12.1 Å². The van der Waals surface area contributed by atoms with Crippen molar-refractivity contribution in [1.29, 1.82) is 0 Å². The molecule has 5 atom stereocenters. The van der Waals surface area contributed by atoms with Crippen LogP contribution in [0.5, 0.6) is 0 Å². The molecule has 0 aromatic heterocycles. The topological polar surface area (TPSA) is 53.6 Å². The summed E-state index contributed by atoms with van der Waals surface area (Å²) in [6.07, 6.45) is 3.01. The highest BCUT2D eigenvalue weighted by Crippen LogP contribution is 2.31. The second kappa shape index (κ2) is 8.27. The fraction of sp³-hybridized carbons (Fsp3) is 0.458. The molecular formula is C24H29N3O2. The summed E-state index contributed by atoms with van der Waals surface area (Å²) in [5.74, 6) is 0.147. The van der Waals surface area contributed by atoms with Gasteiger partial charge in [-0.05, 0) is 30.4 Å². The van der Waals surface area contributed by atoms with E-state index in [1.165, 1.54) is 11.1 Å². The van der Waals surface area contributed by atoms with Crippen LogP contribution in [0.1, 0.15) is 42.5 Å². The number of nitrogens with zero attached hydrogens (tertiary/aromatic N) is 1. The Kier molecular flexibility index (Phi) is 5.36. The molecule has 3 saturated heterocycles. The van der Waals surface area contributed by atoms with Gasteiger partial charge in [-0.25, -0.2) is 0 Å². The number of fused-ring (bicyclic) bond motifs is 1. The maximum absolute atomic E-state index is 12.8. The molecule has 3 aliphatic rings. The maximum Gasteiger partial charge on any atom is 0.237 e. The van der Waals surface area contributed by atoms with E-state index >= 15 is 0 Å². The van der Waals surface area contributed by atoms with Crippen LogP contribution < -0.4 is 10.6 Å². The number of nitrogens with one attached hydrogen (secondary N) is 2. The van der Waals surface area contributed by atoms with Crippen LogP contribution in [0.3, 0.4) is 0 Å². The Labute approximate surface area is 172 Å². The third-order valence-electron chi connectivity index (χ3n) is 6.60. The van der Waals surface area contributed by atoms with Gasteiger partial charge in [-0.2, -0.15) is 0 Å². The molecule has 1 amide bonds. The van der Waals surface area contributed by atoms with E-state index in [1.54, 1.807) is 0 Å². The molecule has 0 saturated carbocycles. The van der Waals surface area contributed by atoms with Gasteiger partial charge >= 0.3 is 0 Å².